The van der Waals surface area contributed by atoms with Gasteiger partial charge in [-0.05, 0) is 61.4 Å². The average Bonchev–Trinajstić information content (AvgIpc) is 3.24. The molecule has 2 aromatic carbocycles. The molecule has 1 aliphatic heterocycles. The second-order valence-corrected chi connectivity index (χ2v) is 10.3. The monoisotopic (exact) mass is 446 g/mol. The van der Waals surface area contributed by atoms with Crippen LogP contribution in [-0.4, -0.2) is 49.8 Å². The topological polar surface area (TPSA) is 40.6 Å². The standard InChI is InChI=1S/C24H30N2O2S.ClH/c1-19-7-6-10-24(17-19)29(27,28)25(2)22-11-12-23(18-22)26-15-13-21(14-16-26)20-8-4-3-5-9-20;/h3-10,13,17,22-23H,11-12,14-16,18H2,1-2H3;1H. The normalized spacial score (nSPS) is 22.6. The lowest BCUT2D eigenvalue weighted by atomic mass is 9.98. The van der Waals surface area contributed by atoms with Crippen LogP contribution in [0.25, 0.3) is 5.57 Å². The Morgan fingerprint density at radius 1 is 1.03 bits per heavy atom. The van der Waals surface area contributed by atoms with Crippen LogP contribution in [0.5, 0.6) is 0 Å². The summed E-state index contributed by atoms with van der Waals surface area (Å²) in [5.41, 5.74) is 3.72. The zero-order chi connectivity index (χ0) is 20.4. The van der Waals surface area contributed by atoms with Crippen molar-refractivity contribution < 1.29 is 8.42 Å². The molecule has 2 atom stereocenters. The van der Waals surface area contributed by atoms with E-state index in [1.54, 1.807) is 23.5 Å². The van der Waals surface area contributed by atoms with E-state index in [-0.39, 0.29) is 18.4 Å². The number of sulfonamides is 1. The molecule has 2 aromatic rings. The highest BCUT2D eigenvalue weighted by atomic mass is 35.5. The molecule has 0 amide bonds. The van der Waals surface area contributed by atoms with E-state index in [1.165, 1.54) is 11.1 Å². The molecular weight excluding hydrogens is 416 g/mol. The Hall–Kier alpha value is -1.66. The van der Waals surface area contributed by atoms with Crippen molar-refractivity contribution in [3.8, 4) is 0 Å². The predicted octanol–water partition coefficient (Wildman–Crippen LogP) is 4.75. The summed E-state index contributed by atoms with van der Waals surface area (Å²) in [6.07, 6.45) is 6.31. The molecule has 1 fully saturated rings. The molecule has 1 heterocycles. The number of nitrogens with zero attached hydrogens (tertiary/aromatic N) is 2. The first-order valence-electron chi connectivity index (χ1n) is 10.5. The van der Waals surface area contributed by atoms with E-state index in [4.69, 9.17) is 0 Å². The summed E-state index contributed by atoms with van der Waals surface area (Å²) in [6.45, 7) is 3.93. The van der Waals surface area contributed by atoms with Gasteiger partial charge in [-0.3, -0.25) is 4.90 Å². The lowest BCUT2D eigenvalue weighted by molar-refractivity contribution is 0.211. The van der Waals surface area contributed by atoms with Gasteiger partial charge < -0.3 is 0 Å². The Bertz CT molecular complexity index is 991. The molecule has 1 aliphatic carbocycles. The van der Waals surface area contributed by atoms with Gasteiger partial charge in [0.1, 0.15) is 0 Å². The largest absolute Gasteiger partial charge is 0.296 e. The molecule has 4 rings (SSSR count). The Morgan fingerprint density at radius 2 is 1.80 bits per heavy atom. The highest BCUT2D eigenvalue weighted by Crippen LogP contribution is 2.33. The molecule has 162 valence electrons. The van der Waals surface area contributed by atoms with Crippen LogP contribution in [0.3, 0.4) is 0 Å². The van der Waals surface area contributed by atoms with E-state index in [0.29, 0.717) is 10.9 Å². The number of aryl methyl sites for hydroxylation is 1. The first kappa shape index (κ1) is 23.0. The summed E-state index contributed by atoms with van der Waals surface area (Å²) < 4.78 is 27.7. The first-order chi connectivity index (χ1) is 13.9. The van der Waals surface area contributed by atoms with Crippen LogP contribution >= 0.6 is 12.4 Å². The molecule has 0 aromatic heterocycles. The second-order valence-electron chi connectivity index (χ2n) is 8.30. The summed E-state index contributed by atoms with van der Waals surface area (Å²) >= 11 is 0. The van der Waals surface area contributed by atoms with Gasteiger partial charge in [0.05, 0.1) is 4.90 Å². The molecule has 30 heavy (non-hydrogen) atoms. The van der Waals surface area contributed by atoms with Crippen molar-refractivity contribution in [3.63, 3.8) is 0 Å². The molecule has 0 radical (unpaired) electrons. The Morgan fingerprint density at radius 3 is 2.47 bits per heavy atom. The van der Waals surface area contributed by atoms with Gasteiger partial charge in [0.2, 0.25) is 10.0 Å². The minimum absolute atomic E-state index is 0. The maximum Gasteiger partial charge on any atom is 0.243 e. The van der Waals surface area contributed by atoms with Gasteiger partial charge in [0.25, 0.3) is 0 Å². The number of benzene rings is 2. The zero-order valence-electron chi connectivity index (χ0n) is 17.7. The van der Waals surface area contributed by atoms with Crippen molar-refractivity contribution in [2.75, 3.05) is 20.1 Å². The van der Waals surface area contributed by atoms with Crippen LogP contribution in [-0.2, 0) is 10.0 Å². The molecule has 0 spiro atoms. The number of rotatable bonds is 5. The molecule has 1 saturated carbocycles. The lowest BCUT2D eigenvalue weighted by Gasteiger charge is -2.32. The van der Waals surface area contributed by atoms with Gasteiger partial charge in [0.15, 0.2) is 0 Å². The quantitative estimate of drug-likeness (QED) is 0.665. The van der Waals surface area contributed by atoms with Crippen molar-refractivity contribution in [1.82, 2.24) is 9.21 Å². The molecule has 0 saturated heterocycles. The van der Waals surface area contributed by atoms with Gasteiger partial charge in [-0.1, -0.05) is 48.5 Å². The molecule has 4 nitrogen and oxygen atoms in total. The van der Waals surface area contributed by atoms with Crippen molar-refractivity contribution >= 4 is 28.0 Å². The van der Waals surface area contributed by atoms with Gasteiger partial charge in [0, 0.05) is 32.2 Å². The van der Waals surface area contributed by atoms with Crippen LogP contribution in [0.2, 0.25) is 0 Å². The van der Waals surface area contributed by atoms with Crippen LogP contribution in [0.1, 0.15) is 36.8 Å². The summed E-state index contributed by atoms with van der Waals surface area (Å²) in [5.74, 6) is 0. The Labute approximate surface area is 187 Å². The Kier molecular flexibility index (Phi) is 7.40. The van der Waals surface area contributed by atoms with Crippen LogP contribution in [0.4, 0.5) is 0 Å². The van der Waals surface area contributed by atoms with E-state index in [9.17, 15) is 8.42 Å². The van der Waals surface area contributed by atoms with Crippen LogP contribution in [0.15, 0.2) is 65.6 Å². The van der Waals surface area contributed by atoms with Crippen molar-refractivity contribution in [1.29, 1.82) is 0 Å². The SMILES string of the molecule is Cc1cccc(S(=O)(=O)N(C)C2CCC(N3CC=C(c4ccccc4)CC3)C2)c1.Cl. The maximum absolute atomic E-state index is 13.1. The lowest BCUT2D eigenvalue weighted by Crippen LogP contribution is -2.40. The van der Waals surface area contributed by atoms with Crippen molar-refractivity contribution in [2.45, 2.75) is 49.6 Å². The molecule has 6 heteroatoms. The zero-order valence-corrected chi connectivity index (χ0v) is 19.3. The van der Waals surface area contributed by atoms with E-state index in [2.05, 4.69) is 41.3 Å². The summed E-state index contributed by atoms with van der Waals surface area (Å²) in [6, 6.07) is 18.3. The average molecular weight is 447 g/mol. The van der Waals surface area contributed by atoms with Gasteiger partial charge in [-0.2, -0.15) is 4.31 Å². The van der Waals surface area contributed by atoms with E-state index in [0.717, 1.165) is 44.3 Å². The minimum atomic E-state index is -3.44. The third-order valence-electron chi connectivity index (χ3n) is 6.46. The smallest absolute Gasteiger partial charge is 0.243 e. The highest BCUT2D eigenvalue weighted by molar-refractivity contribution is 7.89. The van der Waals surface area contributed by atoms with Crippen LogP contribution in [0, 0.1) is 6.92 Å². The third kappa shape index (κ3) is 4.80. The molecule has 0 N–H and O–H groups in total. The van der Waals surface area contributed by atoms with Gasteiger partial charge in [-0.15, -0.1) is 12.4 Å². The Balaban J connectivity index is 0.00000256. The highest BCUT2D eigenvalue weighted by Gasteiger charge is 2.36. The van der Waals surface area contributed by atoms with Crippen LogP contribution < -0.4 is 0 Å². The fraction of sp³-hybridized carbons (Fsp3) is 0.417. The first-order valence-corrected chi connectivity index (χ1v) is 11.9. The van der Waals surface area contributed by atoms with E-state index < -0.39 is 10.0 Å². The summed E-state index contributed by atoms with van der Waals surface area (Å²) in [7, 11) is -1.70. The van der Waals surface area contributed by atoms with Gasteiger partial charge in [-0.25, -0.2) is 8.42 Å². The summed E-state index contributed by atoms with van der Waals surface area (Å²) in [5, 5.41) is 0. The predicted molar refractivity (Wildman–Crippen MR) is 125 cm³/mol. The number of halogens is 1. The number of hydrogen-bond acceptors (Lipinski definition) is 3. The fourth-order valence-electron chi connectivity index (χ4n) is 4.67. The third-order valence-corrected chi connectivity index (χ3v) is 8.37. The fourth-order valence-corrected chi connectivity index (χ4v) is 6.17. The van der Waals surface area contributed by atoms with Gasteiger partial charge >= 0.3 is 0 Å². The van der Waals surface area contributed by atoms with E-state index >= 15 is 0 Å². The van der Waals surface area contributed by atoms with Crippen molar-refractivity contribution in [3.05, 3.63) is 71.8 Å². The van der Waals surface area contributed by atoms with E-state index in [1.807, 2.05) is 19.1 Å². The molecule has 2 aliphatic rings. The molecule has 0 bridgehead atoms. The maximum atomic E-state index is 13.1. The van der Waals surface area contributed by atoms with Crippen molar-refractivity contribution in [2.24, 2.45) is 0 Å². The molecule has 2 unspecified atom stereocenters. The molecular formula is C24H31ClN2O2S. The minimum Gasteiger partial charge on any atom is -0.296 e. The number of hydrogen-bond donors (Lipinski definition) is 0. The summed E-state index contributed by atoms with van der Waals surface area (Å²) in [4.78, 5) is 2.93. The second kappa shape index (κ2) is 9.65.